The Kier molecular flexibility index (Phi) is 7.22. The van der Waals surface area contributed by atoms with Crippen molar-refractivity contribution >= 4 is 46.6 Å². The van der Waals surface area contributed by atoms with Gasteiger partial charge in [-0.15, -0.1) is 10.2 Å². The van der Waals surface area contributed by atoms with E-state index in [0.29, 0.717) is 33.4 Å². The Morgan fingerprint density at radius 1 is 1.14 bits per heavy atom. The second-order valence-electron chi connectivity index (χ2n) is 6.79. The van der Waals surface area contributed by atoms with Crippen molar-refractivity contribution in [2.24, 2.45) is 0 Å². The molecule has 1 heterocycles. The molecule has 1 amide bonds. The Hall–Kier alpha value is -2.02. The minimum absolute atomic E-state index is 0.187. The van der Waals surface area contributed by atoms with Crippen LogP contribution in [0.25, 0.3) is 11.4 Å². The average molecular weight is 449 g/mol. The summed E-state index contributed by atoms with van der Waals surface area (Å²) in [5, 5.41) is 13.1. The summed E-state index contributed by atoms with van der Waals surface area (Å²) in [5.74, 6) is 1.27. The van der Waals surface area contributed by atoms with E-state index in [1.165, 1.54) is 17.3 Å². The van der Waals surface area contributed by atoms with E-state index < -0.39 is 0 Å². The first-order chi connectivity index (χ1) is 13.9. The van der Waals surface area contributed by atoms with E-state index in [1.54, 1.807) is 18.2 Å². The molecule has 0 radical (unpaired) electrons. The fraction of sp³-hybridized carbons (Fsp3) is 0.286. The lowest BCUT2D eigenvalue weighted by atomic mass is 10.0. The summed E-state index contributed by atoms with van der Waals surface area (Å²) in [7, 11) is 0. The number of anilines is 1. The highest BCUT2D eigenvalue weighted by Gasteiger charge is 2.15. The summed E-state index contributed by atoms with van der Waals surface area (Å²) >= 11 is 13.4. The molecule has 0 spiro atoms. The standard InChI is InChI=1S/C21H22Cl2N4OS/c1-4-27-20(15-7-5-14(6-8-15)13(2)3)25-26-21(27)29-12-19(28)24-18-11-16(22)9-10-17(18)23/h5-11,13H,4,12H2,1-3H3,(H,24,28). The zero-order valence-electron chi connectivity index (χ0n) is 16.4. The number of hydrogen-bond acceptors (Lipinski definition) is 4. The minimum Gasteiger partial charge on any atom is -0.324 e. The summed E-state index contributed by atoms with van der Waals surface area (Å²) < 4.78 is 2.01. The van der Waals surface area contributed by atoms with Crippen LogP contribution in [0.2, 0.25) is 10.0 Å². The smallest absolute Gasteiger partial charge is 0.234 e. The molecular weight excluding hydrogens is 427 g/mol. The van der Waals surface area contributed by atoms with Gasteiger partial charge in [-0.2, -0.15) is 0 Å². The number of carbonyl (C=O) groups is 1. The number of halogens is 2. The first-order valence-corrected chi connectivity index (χ1v) is 11.0. The highest BCUT2D eigenvalue weighted by Crippen LogP contribution is 2.27. The normalized spacial score (nSPS) is 11.1. The van der Waals surface area contributed by atoms with E-state index >= 15 is 0 Å². The van der Waals surface area contributed by atoms with Crippen molar-refractivity contribution in [3.05, 3.63) is 58.1 Å². The maximum Gasteiger partial charge on any atom is 0.234 e. The molecule has 0 aliphatic heterocycles. The van der Waals surface area contributed by atoms with E-state index in [4.69, 9.17) is 23.2 Å². The summed E-state index contributed by atoms with van der Waals surface area (Å²) in [6, 6.07) is 13.3. The van der Waals surface area contributed by atoms with Crippen LogP contribution in [0.5, 0.6) is 0 Å². The number of carbonyl (C=O) groups excluding carboxylic acids is 1. The van der Waals surface area contributed by atoms with Crippen molar-refractivity contribution in [1.82, 2.24) is 14.8 Å². The van der Waals surface area contributed by atoms with Crippen molar-refractivity contribution in [2.45, 2.75) is 38.4 Å². The van der Waals surface area contributed by atoms with Crippen LogP contribution in [-0.2, 0) is 11.3 Å². The summed E-state index contributed by atoms with van der Waals surface area (Å²) in [5.41, 5.74) is 2.78. The molecule has 3 aromatic rings. The quantitative estimate of drug-likeness (QED) is 0.441. The van der Waals surface area contributed by atoms with Crippen LogP contribution in [0.15, 0.2) is 47.6 Å². The molecule has 152 valence electrons. The predicted molar refractivity (Wildman–Crippen MR) is 121 cm³/mol. The number of nitrogens with zero attached hydrogens (tertiary/aromatic N) is 3. The van der Waals surface area contributed by atoms with E-state index in [1.807, 2.05) is 11.5 Å². The molecule has 1 aromatic heterocycles. The molecule has 0 saturated carbocycles. The lowest BCUT2D eigenvalue weighted by Crippen LogP contribution is -2.15. The summed E-state index contributed by atoms with van der Waals surface area (Å²) in [6.45, 7) is 7.07. The monoisotopic (exact) mass is 448 g/mol. The summed E-state index contributed by atoms with van der Waals surface area (Å²) in [6.07, 6.45) is 0. The number of nitrogens with one attached hydrogen (secondary N) is 1. The highest BCUT2D eigenvalue weighted by molar-refractivity contribution is 7.99. The Labute approximate surface area is 184 Å². The van der Waals surface area contributed by atoms with E-state index in [0.717, 1.165) is 11.4 Å². The van der Waals surface area contributed by atoms with Gasteiger partial charge in [-0.1, -0.05) is 73.1 Å². The number of benzene rings is 2. The number of aromatic nitrogens is 3. The third-order valence-corrected chi connectivity index (χ3v) is 5.93. The first-order valence-electron chi connectivity index (χ1n) is 9.30. The van der Waals surface area contributed by atoms with Gasteiger partial charge >= 0.3 is 0 Å². The lowest BCUT2D eigenvalue weighted by molar-refractivity contribution is -0.113. The maximum absolute atomic E-state index is 12.3. The number of thioether (sulfide) groups is 1. The predicted octanol–water partition coefficient (Wildman–Crippen LogP) is 6.13. The van der Waals surface area contributed by atoms with Gasteiger partial charge in [-0.05, 0) is 36.6 Å². The van der Waals surface area contributed by atoms with E-state index in [-0.39, 0.29) is 11.7 Å². The molecule has 0 aliphatic carbocycles. The van der Waals surface area contributed by atoms with Crippen molar-refractivity contribution in [1.29, 1.82) is 0 Å². The molecule has 29 heavy (non-hydrogen) atoms. The van der Waals surface area contributed by atoms with Gasteiger partial charge in [0.05, 0.1) is 16.5 Å². The molecule has 8 heteroatoms. The van der Waals surface area contributed by atoms with Gasteiger partial charge in [0.15, 0.2) is 11.0 Å². The third kappa shape index (κ3) is 5.32. The van der Waals surface area contributed by atoms with Gasteiger partial charge < -0.3 is 9.88 Å². The van der Waals surface area contributed by atoms with Gasteiger partial charge in [0, 0.05) is 17.1 Å². The van der Waals surface area contributed by atoms with E-state index in [9.17, 15) is 4.79 Å². The zero-order chi connectivity index (χ0) is 21.0. The largest absolute Gasteiger partial charge is 0.324 e. The SMILES string of the molecule is CCn1c(SCC(=O)Nc2cc(Cl)ccc2Cl)nnc1-c1ccc(C(C)C)cc1. The molecule has 0 atom stereocenters. The number of amides is 1. The molecule has 0 saturated heterocycles. The van der Waals surface area contributed by atoms with Crippen molar-refractivity contribution in [3.8, 4) is 11.4 Å². The van der Waals surface area contributed by atoms with Gasteiger partial charge in [0.25, 0.3) is 0 Å². The fourth-order valence-electron chi connectivity index (χ4n) is 2.82. The highest BCUT2D eigenvalue weighted by atomic mass is 35.5. The first kappa shape index (κ1) is 21.7. The molecule has 3 rings (SSSR count). The second-order valence-corrected chi connectivity index (χ2v) is 8.57. The van der Waals surface area contributed by atoms with Gasteiger partial charge in [0.1, 0.15) is 0 Å². The molecule has 5 nitrogen and oxygen atoms in total. The average Bonchev–Trinajstić information content (AvgIpc) is 3.12. The van der Waals surface area contributed by atoms with Crippen molar-refractivity contribution in [2.75, 3.05) is 11.1 Å². The number of hydrogen-bond donors (Lipinski definition) is 1. The molecule has 1 N–H and O–H groups in total. The topological polar surface area (TPSA) is 59.8 Å². The van der Waals surface area contributed by atoms with Crippen LogP contribution in [0.3, 0.4) is 0 Å². The lowest BCUT2D eigenvalue weighted by Gasteiger charge is -2.10. The second kappa shape index (κ2) is 9.65. The minimum atomic E-state index is -0.187. The van der Waals surface area contributed by atoms with E-state index in [2.05, 4.69) is 53.6 Å². The Bertz CT molecular complexity index is 1000. The number of rotatable bonds is 7. The molecular formula is C21H22Cl2N4OS. The van der Waals surface area contributed by atoms with Crippen LogP contribution in [0.1, 0.15) is 32.3 Å². The van der Waals surface area contributed by atoms with Crippen molar-refractivity contribution in [3.63, 3.8) is 0 Å². The summed E-state index contributed by atoms with van der Waals surface area (Å²) in [4.78, 5) is 12.3. The fourth-order valence-corrected chi connectivity index (χ4v) is 3.96. The molecule has 0 unspecified atom stereocenters. The molecule has 2 aromatic carbocycles. The van der Waals surface area contributed by atoms with Gasteiger partial charge in [0.2, 0.25) is 5.91 Å². The Morgan fingerprint density at radius 2 is 1.86 bits per heavy atom. The maximum atomic E-state index is 12.3. The van der Waals surface area contributed by atoms with Gasteiger partial charge in [-0.25, -0.2) is 0 Å². The molecule has 0 fully saturated rings. The van der Waals surface area contributed by atoms with Crippen LogP contribution in [0.4, 0.5) is 5.69 Å². The molecule has 0 bridgehead atoms. The Balaban J connectivity index is 1.70. The van der Waals surface area contributed by atoms with Crippen LogP contribution in [0, 0.1) is 0 Å². The van der Waals surface area contributed by atoms with Crippen LogP contribution in [-0.4, -0.2) is 26.4 Å². The van der Waals surface area contributed by atoms with Gasteiger partial charge in [-0.3, -0.25) is 4.79 Å². The van der Waals surface area contributed by atoms with Crippen LogP contribution >= 0.6 is 35.0 Å². The third-order valence-electron chi connectivity index (χ3n) is 4.40. The zero-order valence-corrected chi connectivity index (χ0v) is 18.8. The Morgan fingerprint density at radius 3 is 2.52 bits per heavy atom. The molecule has 0 aliphatic rings. The van der Waals surface area contributed by atoms with Crippen LogP contribution < -0.4 is 5.32 Å². The van der Waals surface area contributed by atoms with Crippen molar-refractivity contribution < 1.29 is 4.79 Å².